The zero-order valence-electron chi connectivity index (χ0n) is 11.7. The highest BCUT2D eigenvalue weighted by molar-refractivity contribution is 6.30. The minimum absolute atomic E-state index is 0.0768. The third-order valence-corrected chi connectivity index (χ3v) is 3.52. The van der Waals surface area contributed by atoms with E-state index in [1.165, 1.54) is 18.2 Å². The second-order valence-corrected chi connectivity index (χ2v) is 5.12. The van der Waals surface area contributed by atoms with Gasteiger partial charge < -0.3 is 9.15 Å². The highest BCUT2D eigenvalue weighted by Crippen LogP contribution is 2.36. The average molecular weight is 319 g/mol. The summed E-state index contributed by atoms with van der Waals surface area (Å²) in [5, 5.41) is 1.33. The Morgan fingerprint density at radius 2 is 1.86 bits per heavy atom. The van der Waals surface area contributed by atoms with Gasteiger partial charge in [0.15, 0.2) is 0 Å². The Hall–Kier alpha value is -2.33. The van der Waals surface area contributed by atoms with Crippen LogP contribution in [0.2, 0.25) is 5.02 Å². The first-order chi connectivity index (χ1) is 10.6. The fraction of sp³-hybridized carbons (Fsp3) is 0.118. The molecule has 0 amide bonds. The topological polar surface area (TPSA) is 39.4 Å². The molecule has 1 aromatic heterocycles. The summed E-state index contributed by atoms with van der Waals surface area (Å²) >= 11 is 5.90. The van der Waals surface area contributed by atoms with Crippen LogP contribution in [0.3, 0.4) is 0 Å². The molecule has 22 heavy (non-hydrogen) atoms. The van der Waals surface area contributed by atoms with Crippen molar-refractivity contribution in [2.24, 2.45) is 0 Å². The van der Waals surface area contributed by atoms with E-state index in [-0.39, 0.29) is 5.95 Å². The maximum absolute atomic E-state index is 13.7. The van der Waals surface area contributed by atoms with Crippen molar-refractivity contribution < 1.29 is 13.5 Å². The number of halogens is 2. The molecule has 0 saturated heterocycles. The fourth-order valence-electron chi connectivity index (χ4n) is 2.32. The van der Waals surface area contributed by atoms with Crippen LogP contribution in [-0.2, 0) is 0 Å². The largest absolute Gasteiger partial charge is 0.465 e. The third kappa shape index (κ3) is 2.57. The molecule has 0 unspecified atom stereocenters. The molecule has 0 aliphatic carbocycles. The molecule has 0 aliphatic heterocycles. The molecule has 5 heteroatoms. The summed E-state index contributed by atoms with van der Waals surface area (Å²) in [6.45, 7) is 2.10. The number of ether oxygens (including phenoxy) is 1. The number of benzene rings is 2. The minimum Gasteiger partial charge on any atom is -0.465 e. The van der Waals surface area contributed by atoms with Gasteiger partial charge in [0.25, 0.3) is 5.95 Å². The van der Waals surface area contributed by atoms with E-state index >= 15 is 0 Å². The van der Waals surface area contributed by atoms with Gasteiger partial charge in [-0.25, -0.2) is 9.18 Å². The zero-order chi connectivity index (χ0) is 15.7. The van der Waals surface area contributed by atoms with Gasteiger partial charge in [-0.1, -0.05) is 23.7 Å². The van der Waals surface area contributed by atoms with E-state index in [0.29, 0.717) is 28.0 Å². The summed E-state index contributed by atoms with van der Waals surface area (Å²) in [4.78, 5) is 12.0. The molecule has 2 aromatic carbocycles. The fourth-order valence-corrected chi connectivity index (χ4v) is 2.45. The molecule has 0 radical (unpaired) electrons. The second-order valence-electron chi connectivity index (χ2n) is 4.68. The van der Waals surface area contributed by atoms with Crippen LogP contribution >= 0.6 is 11.6 Å². The summed E-state index contributed by atoms with van der Waals surface area (Å²) in [6, 6.07) is 10.9. The lowest BCUT2D eigenvalue weighted by Crippen LogP contribution is -2.05. The molecular weight excluding hydrogens is 307 g/mol. The molecule has 0 atom stereocenters. The molecule has 0 N–H and O–H groups in total. The van der Waals surface area contributed by atoms with Crippen molar-refractivity contribution >= 4 is 22.4 Å². The first-order valence-corrected chi connectivity index (χ1v) is 7.13. The van der Waals surface area contributed by atoms with Gasteiger partial charge in [-0.3, -0.25) is 0 Å². The summed E-state index contributed by atoms with van der Waals surface area (Å²) in [5.41, 5.74) is 0.705. The van der Waals surface area contributed by atoms with Crippen molar-refractivity contribution in [1.29, 1.82) is 0 Å². The molecule has 1 heterocycles. The van der Waals surface area contributed by atoms with E-state index in [0.717, 1.165) is 5.56 Å². The van der Waals surface area contributed by atoms with E-state index in [1.54, 1.807) is 31.2 Å². The van der Waals surface area contributed by atoms with Gasteiger partial charge >= 0.3 is 5.63 Å². The molecule has 0 saturated carbocycles. The van der Waals surface area contributed by atoms with Crippen LogP contribution in [0.25, 0.3) is 21.9 Å². The van der Waals surface area contributed by atoms with Gasteiger partial charge in [-0.2, -0.15) is 0 Å². The van der Waals surface area contributed by atoms with Crippen LogP contribution < -0.4 is 10.4 Å². The van der Waals surface area contributed by atoms with E-state index in [4.69, 9.17) is 20.8 Å². The predicted molar refractivity (Wildman–Crippen MR) is 84.1 cm³/mol. The molecule has 3 aromatic rings. The van der Waals surface area contributed by atoms with Gasteiger partial charge in [0, 0.05) is 10.4 Å². The van der Waals surface area contributed by atoms with Crippen LogP contribution in [0.5, 0.6) is 5.95 Å². The molecule has 3 rings (SSSR count). The Bertz CT molecular complexity index is 885. The Labute approximate surface area is 130 Å². The number of fused-ring (bicyclic) bond motifs is 1. The number of rotatable bonds is 3. The van der Waals surface area contributed by atoms with Crippen molar-refractivity contribution in [3.05, 3.63) is 63.7 Å². The Morgan fingerprint density at radius 1 is 1.14 bits per heavy atom. The normalized spacial score (nSPS) is 10.9. The van der Waals surface area contributed by atoms with E-state index < -0.39 is 11.4 Å². The van der Waals surface area contributed by atoms with Crippen molar-refractivity contribution in [3.8, 4) is 17.1 Å². The Morgan fingerprint density at radius 3 is 2.55 bits per heavy atom. The lowest BCUT2D eigenvalue weighted by Gasteiger charge is -2.11. The highest BCUT2D eigenvalue weighted by atomic mass is 35.5. The maximum Gasteiger partial charge on any atom is 0.346 e. The standard InChI is InChI=1S/C17H12ClFO3/c1-2-21-17-15(10-3-5-11(18)6-4-10)14-9-12(19)7-8-13(14)16(20)22-17/h3-9H,2H2,1H3. The molecular formula is C17H12ClFO3. The third-order valence-electron chi connectivity index (χ3n) is 3.27. The van der Waals surface area contributed by atoms with Crippen molar-refractivity contribution in [2.75, 3.05) is 6.61 Å². The first kappa shape index (κ1) is 14.6. The van der Waals surface area contributed by atoms with Crippen molar-refractivity contribution in [3.63, 3.8) is 0 Å². The highest BCUT2D eigenvalue weighted by Gasteiger charge is 2.17. The molecule has 0 bridgehead atoms. The smallest absolute Gasteiger partial charge is 0.346 e. The molecule has 0 spiro atoms. The van der Waals surface area contributed by atoms with Gasteiger partial charge in [0.05, 0.1) is 17.6 Å². The molecule has 0 fully saturated rings. The predicted octanol–water partition coefficient (Wildman–Crippen LogP) is 4.65. The van der Waals surface area contributed by atoms with Crippen LogP contribution in [0, 0.1) is 5.82 Å². The summed E-state index contributed by atoms with van der Waals surface area (Å²) < 4.78 is 24.3. The lowest BCUT2D eigenvalue weighted by molar-refractivity contribution is 0.247. The van der Waals surface area contributed by atoms with Crippen LogP contribution in [0.1, 0.15) is 6.92 Å². The summed E-state index contributed by atoms with van der Waals surface area (Å²) in [5.74, 6) is -0.358. The van der Waals surface area contributed by atoms with Crippen LogP contribution in [0.4, 0.5) is 4.39 Å². The maximum atomic E-state index is 13.7. The van der Waals surface area contributed by atoms with Crippen LogP contribution in [-0.4, -0.2) is 6.61 Å². The Kier molecular flexibility index (Phi) is 3.86. The van der Waals surface area contributed by atoms with E-state index in [9.17, 15) is 9.18 Å². The molecule has 112 valence electrons. The molecule has 0 aliphatic rings. The monoisotopic (exact) mass is 318 g/mol. The van der Waals surface area contributed by atoms with E-state index in [2.05, 4.69) is 0 Å². The average Bonchev–Trinajstić information content (AvgIpc) is 2.49. The van der Waals surface area contributed by atoms with E-state index in [1.807, 2.05) is 0 Å². The van der Waals surface area contributed by atoms with Crippen molar-refractivity contribution in [2.45, 2.75) is 6.92 Å². The minimum atomic E-state index is -0.559. The van der Waals surface area contributed by atoms with Gasteiger partial charge in [-0.15, -0.1) is 0 Å². The summed E-state index contributed by atoms with van der Waals surface area (Å²) in [6.07, 6.45) is 0. The summed E-state index contributed by atoms with van der Waals surface area (Å²) in [7, 11) is 0. The number of hydrogen-bond acceptors (Lipinski definition) is 3. The Balaban J connectivity index is 2.40. The van der Waals surface area contributed by atoms with Gasteiger partial charge in [0.2, 0.25) is 0 Å². The van der Waals surface area contributed by atoms with Gasteiger partial charge in [0.1, 0.15) is 5.82 Å². The number of hydrogen-bond donors (Lipinski definition) is 0. The lowest BCUT2D eigenvalue weighted by atomic mass is 10.0. The first-order valence-electron chi connectivity index (χ1n) is 6.75. The van der Waals surface area contributed by atoms with Crippen molar-refractivity contribution in [1.82, 2.24) is 0 Å². The van der Waals surface area contributed by atoms with Crippen LogP contribution in [0.15, 0.2) is 51.7 Å². The quantitative estimate of drug-likeness (QED) is 0.705. The molecule has 3 nitrogen and oxygen atoms in total. The van der Waals surface area contributed by atoms with Gasteiger partial charge in [-0.05, 0) is 42.8 Å². The SMILES string of the molecule is CCOc1oc(=O)c2ccc(F)cc2c1-c1ccc(Cl)cc1. The second kappa shape index (κ2) is 5.81. The zero-order valence-corrected chi connectivity index (χ0v) is 12.5.